The fourth-order valence-corrected chi connectivity index (χ4v) is 6.35. The zero-order chi connectivity index (χ0) is 17.6. The number of piperidine rings is 1. The van der Waals surface area contributed by atoms with Crippen molar-refractivity contribution in [2.45, 2.75) is 36.7 Å². The maximum Gasteiger partial charge on any atom is 0.303 e. The van der Waals surface area contributed by atoms with Gasteiger partial charge in [0.05, 0.1) is 4.58 Å². The Morgan fingerprint density at radius 3 is 2.52 bits per heavy atom. The van der Waals surface area contributed by atoms with Gasteiger partial charge in [0.1, 0.15) is 0 Å². The van der Waals surface area contributed by atoms with Gasteiger partial charge in [0.2, 0.25) is 0 Å². The zero-order valence-corrected chi connectivity index (χ0v) is 16.0. The van der Waals surface area contributed by atoms with Gasteiger partial charge in [-0.25, -0.2) is 0 Å². The lowest BCUT2D eigenvalue weighted by molar-refractivity contribution is -0.137. The predicted octanol–water partition coefficient (Wildman–Crippen LogP) is 4.27. The highest BCUT2D eigenvalue weighted by atomic mass is 32.2. The molecule has 2 saturated heterocycles. The molecule has 1 aromatic carbocycles. The van der Waals surface area contributed by atoms with E-state index in [1.54, 1.807) is 0 Å². The first kappa shape index (κ1) is 18.6. The Bertz CT molecular complexity index is 599. The van der Waals surface area contributed by atoms with E-state index in [1.165, 1.54) is 23.5 Å². The van der Waals surface area contributed by atoms with Gasteiger partial charge in [0, 0.05) is 25.1 Å². The summed E-state index contributed by atoms with van der Waals surface area (Å²) in [6, 6.07) is 8.09. The number of carboxylic acid groups (broad SMARTS) is 1. The summed E-state index contributed by atoms with van der Waals surface area (Å²) >= 11 is 3.97. The van der Waals surface area contributed by atoms with Crippen molar-refractivity contribution in [3.8, 4) is 0 Å². The molecule has 2 heterocycles. The molecule has 0 aromatic heterocycles. The van der Waals surface area contributed by atoms with Gasteiger partial charge in [-0.1, -0.05) is 12.1 Å². The fourth-order valence-electron chi connectivity index (χ4n) is 3.46. The fraction of sp³-hybridized carbons (Fsp3) is 0.579. The third-order valence-corrected chi connectivity index (χ3v) is 7.84. The molecule has 1 aromatic rings. The number of likely N-dealkylation sites (tertiary alicyclic amines) is 1. The molecule has 2 aliphatic rings. The van der Waals surface area contributed by atoms with Crippen LogP contribution in [0.3, 0.4) is 0 Å². The molecule has 25 heavy (non-hydrogen) atoms. The second kappa shape index (κ2) is 8.99. The molecule has 3 rings (SSSR count). The highest BCUT2D eigenvalue weighted by molar-refractivity contribution is 8.16. The van der Waals surface area contributed by atoms with Crippen LogP contribution in [0.25, 0.3) is 0 Å². The van der Waals surface area contributed by atoms with E-state index in [1.807, 2.05) is 40.6 Å². The van der Waals surface area contributed by atoms with Crippen LogP contribution in [0, 0.1) is 5.92 Å². The summed E-state index contributed by atoms with van der Waals surface area (Å²) in [4.78, 5) is 25.4. The molecule has 1 unspecified atom stereocenters. The third-order valence-electron chi connectivity index (χ3n) is 4.83. The summed E-state index contributed by atoms with van der Waals surface area (Å²) in [5.74, 6) is 2.06. The van der Waals surface area contributed by atoms with Crippen LogP contribution in [-0.4, -0.2) is 46.5 Å². The topological polar surface area (TPSA) is 57.6 Å². The number of thioether (sulfide) groups is 2. The Morgan fingerprint density at radius 2 is 1.84 bits per heavy atom. The van der Waals surface area contributed by atoms with E-state index in [0.717, 1.165) is 24.9 Å². The molecule has 2 aliphatic heterocycles. The van der Waals surface area contributed by atoms with Crippen LogP contribution in [0.2, 0.25) is 0 Å². The van der Waals surface area contributed by atoms with Gasteiger partial charge in [0.25, 0.3) is 5.91 Å². The number of hydrogen-bond donors (Lipinski definition) is 1. The minimum absolute atomic E-state index is 0.0792. The molecule has 0 spiro atoms. The lowest BCUT2D eigenvalue weighted by Crippen LogP contribution is -2.40. The van der Waals surface area contributed by atoms with Gasteiger partial charge in [-0.3, -0.25) is 9.59 Å². The Labute approximate surface area is 157 Å². The molecule has 1 atom stereocenters. The number of amides is 1. The smallest absolute Gasteiger partial charge is 0.303 e. The first-order valence-electron chi connectivity index (χ1n) is 8.98. The second-order valence-electron chi connectivity index (χ2n) is 6.74. The number of carboxylic acids is 1. The van der Waals surface area contributed by atoms with Crippen molar-refractivity contribution in [1.82, 2.24) is 4.90 Å². The van der Waals surface area contributed by atoms with Crippen LogP contribution >= 0.6 is 23.5 Å². The monoisotopic (exact) mass is 379 g/mol. The number of rotatable bonds is 5. The van der Waals surface area contributed by atoms with Gasteiger partial charge < -0.3 is 10.0 Å². The average Bonchev–Trinajstić information content (AvgIpc) is 2.67. The number of hydrogen-bond acceptors (Lipinski definition) is 4. The highest BCUT2D eigenvalue weighted by Gasteiger charge is 2.25. The van der Waals surface area contributed by atoms with Gasteiger partial charge in [-0.05, 0) is 60.8 Å². The molecule has 6 heteroatoms. The molecule has 1 amide bonds. The van der Waals surface area contributed by atoms with Crippen molar-refractivity contribution in [2.24, 2.45) is 5.92 Å². The van der Waals surface area contributed by atoms with E-state index < -0.39 is 5.97 Å². The zero-order valence-electron chi connectivity index (χ0n) is 14.4. The van der Waals surface area contributed by atoms with Crippen LogP contribution in [-0.2, 0) is 4.79 Å². The van der Waals surface area contributed by atoms with Crippen LogP contribution in [0.1, 0.15) is 52.6 Å². The normalized spacial score (nSPS) is 21.9. The first-order chi connectivity index (χ1) is 12.1. The number of carbonyl (C=O) groups excluding carboxylic acids is 1. The van der Waals surface area contributed by atoms with E-state index in [-0.39, 0.29) is 12.3 Å². The van der Waals surface area contributed by atoms with Crippen molar-refractivity contribution >= 4 is 35.4 Å². The van der Waals surface area contributed by atoms with Crippen molar-refractivity contribution < 1.29 is 14.7 Å². The first-order valence-corrected chi connectivity index (χ1v) is 11.1. The van der Waals surface area contributed by atoms with E-state index in [4.69, 9.17) is 5.11 Å². The minimum atomic E-state index is -0.752. The summed E-state index contributed by atoms with van der Waals surface area (Å²) in [5.41, 5.74) is 2.04. The number of carbonyl (C=O) groups is 2. The Morgan fingerprint density at radius 1 is 1.12 bits per heavy atom. The van der Waals surface area contributed by atoms with Crippen LogP contribution in [0.15, 0.2) is 24.3 Å². The van der Waals surface area contributed by atoms with Crippen LogP contribution in [0.4, 0.5) is 0 Å². The van der Waals surface area contributed by atoms with Crippen molar-refractivity contribution in [1.29, 1.82) is 0 Å². The molecule has 0 bridgehead atoms. The third kappa shape index (κ3) is 5.17. The summed E-state index contributed by atoms with van der Waals surface area (Å²) in [6.45, 7) is 1.46. The highest BCUT2D eigenvalue weighted by Crippen LogP contribution is 2.43. The molecule has 0 aliphatic carbocycles. The molecular formula is C19H25NO3S2. The molecule has 4 nitrogen and oxygen atoms in total. The number of aliphatic carboxylic acids is 1. The number of benzene rings is 1. The van der Waals surface area contributed by atoms with Gasteiger partial charge >= 0.3 is 5.97 Å². The molecule has 136 valence electrons. The van der Waals surface area contributed by atoms with E-state index in [2.05, 4.69) is 12.1 Å². The van der Waals surface area contributed by atoms with Crippen LogP contribution in [0.5, 0.6) is 0 Å². The Hall–Kier alpha value is -1.14. The lowest BCUT2D eigenvalue weighted by atomic mass is 9.93. The van der Waals surface area contributed by atoms with Crippen molar-refractivity contribution in [3.05, 3.63) is 35.4 Å². The maximum atomic E-state index is 12.8. The molecule has 2 fully saturated rings. The van der Waals surface area contributed by atoms with E-state index in [9.17, 15) is 9.59 Å². The largest absolute Gasteiger partial charge is 0.481 e. The number of nitrogens with zero attached hydrogens (tertiary/aromatic N) is 1. The predicted molar refractivity (Wildman–Crippen MR) is 104 cm³/mol. The van der Waals surface area contributed by atoms with Gasteiger partial charge in [-0.2, -0.15) is 0 Å². The maximum absolute atomic E-state index is 12.8. The quantitative estimate of drug-likeness (QED) is 0.828. The summed E-state index contributed by atoms with van der Waals surface area (Å²) in [5, 5.41) is 8.85. The van der Waals surface area contributed by atoms with Crippen molar-refractivity contribution in [2.75, 3.05) is 24.6 Å². The van der Waals surface area contributed by atoms with Crippen molar-refractivity contribution in [3.63, 3.8) is 0 Å². The average molecular weight is 380 g/mol. The SMILES string of the molecule is O=C(O)CCC1CCCN(C(=O)c2ccc(C3SCCCS3)cc2)C1. The van der Waals surface area contributed by atoms with E-state index >= 15 is 0 Å². The molecule has 0 radical (unpaired) electrons. The standard InChI is InChI=1S/C19H25NO3S2/c21-17(22)9-4-14-3-1-10-20(13-14)18(23)15-5-7-16(8-6-15)19-24-11-2-12-25-19/h5-8,14,19H,1-4,9-13H2,(H,21,22). The summed E-state index contributed by atoms with van der Waals surface area (Å²) < 4.78 is 0.494. The lowest BCUT2D eigenvalue weighted by Gasteiger charge is -2.32. The Kier molecular flexibility index (Phi) is 6.70. The minimum Gasteiger partial charge on any atom is -0.481 e. The molecular weight excluding hydrogens is 354 g/mol. The molecule has 1 N–H and O–H groups in total. The van der Waals surface area contributed by atoms with Gasteiger partial charge in [-0.15, -0.1) is 23.5 Å². The second-order valence-corrected chi connectivity index (χ2v) is 9.47. The molecule has 0 saturated carbocycles. The van der Waals surface area contributed by atoms with E-state index in [0.29, 0.717) is 23.5 Å². The van der Waals surface area contributed by atoms with Crippen LogP contribution < -0.4 is 0 Å². The summed E-state index contributed by atoms with van der Waals surface area (Å²) in [6.07, 6.45) is 4.11. The Balaban J connectivity index is 1.59. The van der Waals surface area contributed by atoms with Gasteiger partial charge in [0.15, 0.2) is 0 Å². The summed E-state index contributed by atoms with van der Waals surface area (Å²) in [7, 11) is 0.